The van der Waals surface area contributed by atoms with Gasteiger partial charge in [-0.1, -0.05) is 134 Å². The molecule has 4 aliphatic carbocycles. The first kappa shape index (κ1) is 108. The number of carbonyl (C=O) groups is 2. The number of likely N-dealkylation sites (tertiary alicyclic amines) is 3. The van der Waals surface area contributed by atoms with Gasteiger partial charge in [-0.25, -0.2) is 59.4 Å². The lowest BCUT2D eigenvalue weighted by Gasteiger charge is -2.33. The summed E-state index contributed by atoms with van der Waals surface area (Å²) in [6.45, 7) is 13.1. The molecule has 0 bridgehead atoms. The molecule has 35 nitrogen and oxygen atoms in total. The number of nitrogens with one attached hydrogen (secondary N) is 1. The van der Waals surface area contributed by atoms with Crippen molar-refractivity contribution in [2.45, 2.75) is 221 Å². The molecule has 4 saturated carbocycles. The minimum atomic E-state index is -6.15. The summed E-state index contributed by atoms with van der Waals surface area (Å²) >= 11 is 3.71. The van der Waals surface area contributed by atoms with Crippen molar-refractivity contribution in [2.75, 3.05) is 112 Å². The van der Waals surface area contributed by atoms with E-state index in [1.165, 1.54) is 29.7 Å². The van der Waals surface area contributed by atoms with E-state index in [9.17, 15) is 61.9 Å². The second-order valence-corrected chi connectivity index (χ2v) is 41.9. The second-order valence-electron chi connectivity index (χ2n) is 39.5. The van der Waals surface area contributed by atoms with Crippen molar-refractivity contribution in [3.63, 3.8) is 0 Å². The highest BCUT2D eigenvalue weighted by atomic mass is 79.9. The van der Waals surface area contributed by atoms with Crippen molar-refractivity contribution in [2.24, 2.45) is 9.98 Å². The van der Waals surface area contributed by atoms with E-state index in [0.29, 0.717) is 110 Å². The van der Waals surface area contributed by atoms with Gasteiger partial charge in [0.1, 0.15) is 11.2 Å². The molecule has 4 aromatic carbocycles. The third kappa shape index (κ3) is 29.0. The third-order valence-electron chi connectivity index (χ3n) is 24.5. The van der Waals surface area contributed by atoms with E-state index in [0.717, 1.165) is 174 Å². The molecule has 8 aliphatic rings. The minimum absolute atomic E-state index is 0.000998. The molecule has 146 heavy (non-hydrogen) atoms. The Hall–Kier alpha value is -12.2. The molecule has 784 valence electrons. The number of fused-ring (bicyclic) bond motifs is 4. The fourth-order valence-electron chi connectivity index (χ4n) is 17.2. The maximum absolute atomic E-state index is 12.8. The lowest BCUT2D eigenvalue weighted by atomic mass is 9.84. The first-order valence-electron chi connectivity index (χ1n) is 49.1. The molecule has 8 aromatic heterocycles. The van der Waals surface area contributed by atoms with Gasteiger partial charge in [-0.2, -0.15) is 66.0 Å². The number of carbonyl (C=O) groups excluding carboxylic acids is 2. The summed E-state index contributed by atoms with van der Waals surface area (Å²) in [5.41, 5.74) is 19.6. The number of hydrogen-bond donors (Lipinski definition) is 5. The molecule has 4 atom stereocenters. The normalized spacial score (nSPS) is 18.7. The summed E-state index contributed by atoms with van der Waals surface area (Å²) in [6, 6.07) is 40.3. The Bertz CT molecular complexity index is 6660. The number of halogens is 11. The maximum Gasteiger partial charge on any atom is 0.523 e. The molecular weight excluding hydrogens is 2000 g/mol. The van der Waals surface area contributed by atoms with Crippen LogP contribution < -0.4 is 16.8 Å². The van der Waals surface area contributed by atoms with E-state index in [1.54, 1.807) is 40.5 Å². The monoisotopic (exact) mass is 2120 g/mol. The van der Waals surface area contributed by atoms with Gasteiger partial charge in [0.2, 0.25) is 11.9 Å². The lowest BCUT2D eigenvalue weighted by molar-refractivity contribution is -0.156. The van der Waals surface area contributed by atoms with Crippen LogP contribution >= 0.6 is 15.9 Å². The van der Waals surface area contributed by atoms with Gasteiger partial charge >= 0.3 is 47.3 Å². The Morgan fingerprint density at radius 3 is 1.18 bits per heavy atom. The smallest absolute Gasteiger partial charge is 0.444 e. The van der Waals surface area contributed by atoms with Crippen LogP contribution in [-0.4, -0.2) is 283 Å². The van der Waals surface area contributed by atoms with Gasteiger partial charge in [0, 0.05) is 130 Å². The van der Waals surface area contributed by atoms with Gasteiger partial charge < -0.3 is 55.9 Å². The third-order valence-corrected chi connectivity index (χ3v) is 26.3. The van der Waals surface area contributed by atoms with Crippen LogP contribution in [0.4, 0.5) is 77.3 Å². The second kappa shape index (κ2) is 46.9. The molecule has 48 heteroatoms. The van der Waals surface area contributed by atoms with Crippen molar-refractivity contribution in [3.05, 3.63) is 166 Å². The molecule has 0 radical (unpaired) electrons. The van der Waals surface area contributed by atoms with Crippen LogP contribution in [0.1, 0.15) is 227 Å². The SMILES string of the molecule is CN(C)C=Nc1nc(-c2ccccc2)c(Br)c2nc([C@@H]3CCCN(C(=O)OC(C)(C)C)C3)nn12.CN(C)C=Nc1nc(-c2ccccc2)c(C2CC2)c2nc([C@@H]3CCCN(C(=O)OC(C)(C)C)C3)nn12.Nc1nc(-c2ccccc2)c(C2CC2)c2nc([C@@H]3CCCN(CC(F)(F)F)C3)nn12.Nc1nc(-c2ccccc2)c(C2CC2)c2nc([C@@H]3CCCNC3)nn12.O=S(=O)(OCC(F)(F)F)C(F)(F)F.OB(O)C1CC1.[2H]CF. The van der Waals surface area contributed by atoms with Gasteiger partial charge in [0.05, 0.1) is 55.0 Å². The lowest BCUT2D eigenvalue weighted by Crippen LogP contribution is -2.42. The van der Waals surface area contributed by atoms with E-state index in [4.69, 9.17) is 82.5 Å². The van der Waals surface area contributed by atoms with Crippen LogP contribution in [0.25, 0.3) is 67.6 Å². The Kier molecular flexibility index (Phi) is 34.7. The number of amides is 2. The summed E-state index contributed by atoms with van der Waals surface area (Å²) in [7, 11) is -0.531. The predicted octanol–water partition coefficient (Wildman–Crippen LogP) is 18.2. The topological polar surface area (TPSA) is 414 Å². The number of nitrogens with zero attached hydrogens (tertiary/aromatic N) is 23. The molecule has 4 aliphatic heterocycles. The summed E-state index contributed by atoms with van der Waals surface area (Å²) in [6.07, 6.45) is 9.56. The molecule has 2 amide bonds. The molecular formula is C98H122BBrF10N26O9S. The van der Waals surface area contributed by atoms with Crippen molar-refractivity contribution in [3.8, 4) is 45.0 Å². The van der Waals surface area contributed by atoms with Gasteiger partial charge in [-0.15, -0.1) is 20.4 Å². The first-order chi connectivity index (χ1) is 69.7. The average Bonchev–Trinajstić information content (AvgIpc) is 1.59. The summed E-state index contributed by atoms with van der Waals surface area (Å²) in [5.74, 6) is 6.22. The number of alkyl halides is 10. The highest BCUT2D eigenvalue weighted by Gasteiger charge is 2.50. The van der Waals surface area contributed by atoms with Crippen molar-refractivity contribution >= 4 is 104 Å². The first-order valence-corrected chi connectivity index (χ1v) is 50.6. The van der Waals surface area contributed by atoms with Gasteiger partial charge in [-0.3, -0.25) is 13.5 Å². The van der Waals surface area contributed by atoms with Crippen LogP contribution in [0.5, 0.6) is 0 Å². The number of aromatic nitrogens is 16. The zero-order valence-corrected chi connectivity index (χ0v) is 85.2. The number of hydrogen-bond acceptors (Lipinski definition) is 27. The fourth-order valence-corrected chi connectivity index (χ4v) is 18.2. The fraction of sp³-hybridized carbons (Fsp3) is 0.510. The van der Waals surface area contributed by atoms with Gasteiger partial charge in [0.15, 0.2) is 52.5 Å². The Morgan fingerprint density at radius 2 is 0.836 bits per heavy atom. The zero-order chi connectivity index (χ0) is 106. The molecule has 0 spiro atoms. The molecule has 12 heterocycles. The average molecular weight is 2120 g/mol. The number of benzene rings is 4. The molecule has 4 saturated heterocycles. The van der Waals surface area contributed by atoms with Crippen molar-refractivity contribution < 1.29 is 87.0 Å². The quantitative estimate of drug-likeness (QED) is 0.0125. The van der Waals surface area contributed by atoms with E-state index >= 15 is 0 Å². The number of nitrogens with two attached hydrogens (primary N) is 2. The number of aliphatic imine (C=N–C) groups is 2. The number of anilines is 2. The highest BCUT2D eigenvalue weighted by molar-refractivity contribution is 9.10. The van der Waals surface area contributed by atoms with Crippen LogP contribution in [0, 0.1) is 0 Å². The van der Waals surface area contributed by atoms with Crippen molar-refractivity contribution in [1.82, 2.24) is 108 Å². The number of nitrogen functional groups attached to an aromatic ring is 2. The van der Waals surface area contributed by atoms with Crippen LogP contribution in [-0.2, 0) is 23.8 Å². The molecule has 0 unspecified atom stereocenters. The Balaban J connectivity index is 0.000000145. The maximum atomic E-state index is 12.8. The minimum Gasteiger partial charge on any atom is -0.444 e. The van der Waals surface area contributed by atoms with Crippen molar-refractivity contribution in [1.29, 1.82) is 0 Å². The predicted molar refractivity (Wildman–Crippen MR) is 537 cm³/mol. The van der Waals surface area contributed by atoms with Crippen LogP contribution in [0.2, 0.25) is 5.82 Å². The molecule has 20 rings (SSSR count). The molecule has 8 fully saturated rings. The van der Waals surface area contributed by atoms with E-state index in [1.807, 2.05) is 177 Å². The highest BCUT2D eigenvalue weighted by Crippen LogP contribution is 2.50. The van der Waals surface area contributed by atoms with E-state index < -0.39 is 66.6 Å². The van der Waals surface area contributed by atoms with Crippen LogP contribution in [0.15, 0.2) is 136 Å². The van der Waals surface area contributed by atoms with Gasteiger partial charge in [-0.05, 0) is 184 Å². The summed E-state index contributed by atoms with van der Waals surface area (Å²) in [5, 5.41) is 38.9. The number of piperidine rings is 4. The number of rotatable bonds is 19. The Labute approximate surface area is 848 Å². The summed E-state index contributed by atoms with van der Waals surface area (Å²) in [4.78, 5) is 82.1. The largest absolute Gasteiger partial charge is 0.523 e. The molecule has 12 aromatic rings. The van der Waals surface area contributed by atoms with Crippen LogP contribution in [0.3, 0.4) is 0 Å². The standard InChI is InChI=1S/C27H35N7O2.C24H30BrN7O2.C21H23F3N6.C19H22N6.C3H7BO2.C3H2F6O3S.CH3F/c1-27(2,3)36-26(35)33-15-9-12-20(16-33)23-30-24-21(18-13-14-18)22(19-10-7-6-8-11-19)29-25(34(24)31-23)28-17-32(4)5;1-24(2,3)34-23(33)31-13-9-12-17(14-31)20-28-21-18(25)19(16-10-7-6-8-11-16)27-22(32(21)29-20)26-15-30(4)5;22-21(23,24)12-29-10-4-7-15(11-29)18-27-19-16(13-8-9-13)17(14-5-2-1-3-6-14)26-20(25)30(19)28-18;20-19-22-16(13-5-2-1-3-6-13)15(12-8-9-12)18-23-17(24-25(18)19)14-7-4-10-21-11-14;5-4(6)3-1-2-3;4-2(5,6)1-12-13(10,11)3(7,8)9;1-2/h6-8,10-11,17-18,20H,9,12-16H2,1-5H3;6-8,10-11,15,17H,9,12-14H2,1-5H3;1-3,5-6,13,15H,4,7-12H2,(H2,25,26);1-3,5-6,12,14,21H,4,7-11H2,(H2,20,22);3,5-6H,1-2H2;1H2;1H3/t20-;17-;15-;14-;;;/m1111.../s1/i;;;;;;1D. The summed E-state index contributed by atoms with van der Waals surface area (Å²) < 4.78 is 163. The van der Waals surface area contributed by atoms with Gasteiger partial charge in [0.25, 0.3) is 11.9 Å². The number of ether oxygens (including phenoxy) is 2. The van der Waals surface area contributed by atoms with E-state index in [2.05, 4.69) is 69.8 Å². The molecule has 7 N–H and O–H groups in total. The van der Waals surface area contributed by atoms with E-state index in [-0.39, 0.29) is 41.7 Å². The zero-order valence-electron chi connectivity index (χ0n) is 83.7. The Morgan fingerprint density at radius 1 is 0.486 bits per heavy atom.